The minimum Gasteiger partial charge on any atom is -0.546 e. The third kappa shape index (κ3) is 10.8. The van der Waals surface area contributed by atoms with Gasteiger partial charge in [-0.05, 0) is 47.4 Å². The summed E-state index contributed by atoms with van der Waals surface area (Å²) in [6.07, 6.45) is -3.91. The number of halogens is 4. The molecule has 0 aliphatic rings. The van der Waals surface area contributed by atoms with Crippen molar-refractivity contribution in [2.24, 2.45) is 0 Å². The van der Waals surface area contributed by atoms with E-state index in [-0.39, 0.29) is 60.6 Å². The molecule has 0 aliphatic carbocycles. The Morgan fingerprint density at radius 1 is 0.952 bits per heavy atom. The largest absolute Gasteiger partial charge is 1.00 e. The number of carboxylic acid groups (broad SMARTS) is 1. The van der Waals surface area contributed by atoms with Crippen LogP contribution in [0.5, 0.6) is 17.4 Å². The van der Waals surface area contributed by atoms with Gasteiger partial charge in [-0.25, -0.2) is 13.8 Å². The van der Waals surface area contributed by atoms with E-state index in [2.05, 4.69) is 28.9 Å². The first kappa shape index (κ1) is 34.8. The summed E-state index contributed by atoms with van der Waals surface area (Å²) in [4.78, 5) is 27.5. The number of nitrogens with one attached hydrogen (secondary N) is 1. The number of aliphatic carboxylic acids is 1. The van der Waals surface area contributed by atoms with Crippen LogP contribution in [0.1, 0.15) is 41.3 Å². The molecule has 1 amide bonds. The molecule has 13 heteroatoms. The predicted octanol–water partition coefficient (Wildman–Crippen LogP) is 1.04. The summed E-state index contributed by atoms with van der Waals surface area (Å²) in [7, 11) is 0. The zero-order chi connectivity index (χ0) is 30.0. The predicted molar refractivity (Wildman–Crippen MR) is 139 cm³/mol. The summed E-state index contributed by atoms with van der Waals surface area (Å²) in [6, 6.07) is 16.3. The molecule has 0 spiro atoms. The molecule has 0 saturated heterocycles. The van der Waals surface area contributed by atoms with Crippen molar-refractivity contribution < 1.29 is 76.0 Å². The van der Waals surface area contributed by atoms with E-state index in [1.807, 2.05) is 12.1 Å². The number of aromatic nitrogens is 1. The van der Waals surface area contributed by atoms with Crippen molar-refractivity contribution in [3.05, 3.63) is 83.6 Å². The number of ether oxygens (including phenoxy) is 3. The molecule has 1 N–H and O–H groups in total. The number of hydrogen-bond acceptors (Lipinski definition) is 7. The van der Waals surface area contributed by atoms with Gasteiger partial charge in [0.15, 0.2) is 6.61 Å². The van der Waals surface area contributed by atoms with Gasteiger partial charge in [-0.2, -0.15) is 8.78 Å². The fraction of sp³-hybridized carbons (Fsp3) is 0.345. The van der Waals surface area contributed by atoms with Crippen LogP contribution in [0.15, 0.2) is 66.9 Å². The van der Waals surface area contributed by atoms with Gasteiger partial charge in [0.25, 0.3) is 5.91 Å². The summed E-state index contributed by atoms with van der Waals surface area (Å²) in [5.74, 6) is -5.24. The molecule has 0 aliphatic heterocycles. The molecule has 1 atom stereocenters. The van der Waals surface area contributed by atoms with Crippen LogP contribution in [0.3, 0.4) is 0 Å². The zero-order valence-corrected chi connectivity index (χ0v) is 25.3. The Morgan fingerprint density at radius 2 is 1.60 bits per heavy atom. The number of benzene rings is 2. The fourth-order valence-electron chi connectivity index (χ4n) is 3.47. The maximum absolute atomic E-state index is 12.9. The van der Waals surface area contributed by atoms with Crippen molar-refractivity contribution in [3.63, 3.8) is 0 Å². The molecular weight excluding hydrogens is 571 g/mol. The summed E-state index contributed by atoms with van der Waals surface area (Å²) < 4.78 is 66.0. The molecule has 0 saturated carbocycles. The average Bonchev–Trinajstić information content (AvgIpc) is 2.95. The number of nitrogens with zero attached hydrogens (tertiary/aromatic N) is 1. The van der Waals surface area contributed by atoms with Gasteiger partial charge in [-0.3, -0.25) is 4.79 Å². The van der Waals surface area contributed by atoms with E-state index in [9.17, 15) is 32.3 Å². The molecule has 0 fully saturated rings. The van der Waals surface area contributed by atoms with E-state index in [0.717, 1.165) is 17.8 Å². The average molecular weight is 601 g/mol. The molecule has 3 aromatic rings. The third-order valence-electron chi connectivity index (χ3n) is 5.82. The van der Waals surface area contributed by atoms with Crippen LogP contribution in [0.2, 0.25) is 0 Å². The Labute approximate surface area is 262 Å². The normalized spacial score (nSPS) is 11.9. The minimum absolute atomic E-state index is 0. The number of pyridine rings is 1. The van der Waals surface area contributed by atoms with Crippen molar-refractivity contribution in [1.29, 1.82) is 0 Å². The number of amides is 1. The van der Waals surface area contributed by atoms with E-state index in [4.69, 9.17) is 9.47 Å². The van der Waals surface area contributed by atoms with Crippen molar-refractivity contribution in [2.45, 2.75) is 44.6 Å². The van der Waals surface area contributed by atoms with Crippen molar-refractivity contribution in [3.8, 4) is 17.4 Å². The molecule has 1 aromatic heterocycles. The fourth-order valence-corrected chi connectivity index (χ4v) is 3.47. The first-order chi connectivity index (χ1) is 19.4. The Kier molecular flexibility index (Phi) is 13.5. The molecule has 1 unspecified atom stereocenters. The topological polar surface area (TPSA) is 110 Å². The molecule has 1 heterocycles. The number of carbonyl (C=O) groups excluding carboxylic acids is 2. The summed E-state index contributed by atoms with van der Waals surface area (Å²) in [5, 5.41) is 14.2. The van der Waals surface area contributed by atoms with Gasteiger partial charge in [0.05, 0.1) is 18.1 Å². The van der Waals surface area contributed by atoms with Crippen LogP contribution >= 0.6 is 0 Å². The maximum Gasteiger partial charge on any atom is 1.00 e. The monoisotopic (exact) mass is 600 g/mol. The molecule has 0 bridgehead atoms. The number of hydrogen-bond donors (Lipinski definition) is 1. The number of rotatable bonds is 15. The van der Waals surface area contributed by atoms with Gasteiger partial charge in [-0.1, -0.05) is 38.1 Å². The van der Waals surface area contributed by atoms with Crippen LogP contribution in [0, 0.1) is 0 Å². The van der Waals surface area contributed by atoms with Gasteiger partial charge < -0.3 is 29.4 Å². The van der Waals surface area contributed by atoms with Crippen LogP contribution in [-0.4, -0.2) is 55.1 Å². The van der Waals surface area contributed by atoms with Crippen molar-refractivity contribution in [1.82, 2.24) is 10.3 Å². The molecule has 0 radical (unpaired) electrons. The summed E-state index contributed by atoms with van der Waals surface area (Å²) in [5.41, 5.74) is 1.90. The van der Waals surface area contributed by atoms with E-state index < -0.39 is 36.9 Å². The van der Waals surface area contributed by atoms with E-state index in [1.54, 1.807) is 36.4 Å². The van der Waals surface area contributed by atoms with Gasteiger partial charge in [-0.15, -0.1) is 0 Å². The smallest absolute Gasteiger partial charge is 0.546 e. The van der Waals surface area contributed by atoms with Crippen LogP contribution in [-0.2, 0) is 11.2 Å². The minimum atomic E-state index is -4.31. The van der Waals surface area contributed by atoms with E-state index in [0.29, 0.717) is 23.0 Å². The molecule has 2 aromatic carbocycles. The Bertz CT molecular complexity index is 1280. The van der Waals surface area contributed by atoms with E-state index >= 15 is 0 Å². The first-order valence-corrected chi connectivity index (χ1v) is 12.7. The van der Waals surface area contributed by atoms with Crippen LogP contribution in [0.4, 0.5) is 17.6 Å². The quantitative estimate of drug-likeness (QED) is 0.158. The van der Waals surface area contributed by atoms with Crippen molar-refractivity contribution >= 4 is 11.9 Å². The molecule has 220 valence electrons. The van der Waals surface area contributed by atoms with Crippen molar-refractivity contribution in [2.75, 3.05) is 19.8 Å². The second-order valence-electron chi connectivity index (χ2n) is 9.34. The second kappa shape index (κ2) is 16.3. The Balaban J connectivity index is 0.00000616. The van der Waals surface area contributed by atoms with E-state index in [1.165, 1.54) is 6.07 Å². The summed E-state index contributed by atoms with van der Waals surface area (Å²) in [6.45, 7) is 2.80. The van der Waals surface area contributed by atoms with Gasteiger partial charge in [0.2, 0.25) is 5.88 Å². The molecule has 42 heavy (non-hydrogen) atoms. The molecule has 8 nitrogen and oxygen atoms in total. The number of carboxylic acids is 1. The van der Waals surface area contributed by atoms with Gasteiger partial charge >= 0.3 is 41.9 Å². The van der Waals surface area contributed by atoms with Gasteiger partial charge in [0, 0.05) is 18.7 Å². The second-order valence-corrected chi connectivity index (χ2v) is 9.34. The first-order valence-electron chi connectivity index (χ1n) is 12.7. The summed E-state index contributed by atoms with van der Waals surface area (Å²) >= 11 is 0. The SMILES string of the molecule is CC(C)c1ccc(OC(Cc2ccc(OCCNC(=O)c3ccc(OCC(F)(F)C(F)F)nc3)cc2)C(=O)[O-])cc1.[Na+]. The number of carbonyl (C=O) groups is 2. The van der Waals surface area contributed by atoms with Gasteiger partial charge in [0.1, 0.15) is 24.2 Å². The molecule has 3 rings (SSSR count). The zero-order valence-electron chi connectivity index (χ0n) is 23.3. The molecular formula is C29H29F4N2NaO6. The van der Waals surface area contributed by atoms with Crippen LogP contribution < -0.4 is 54.2 Å². The number of alkyl halides is 4. The Hall–Kier alpha value is -3.35. The standard InChI is InChI=1S/C29H30F4N2O6.Na/c1-18(2)20-5-10-23(11-6-20)41-24(27(37)38)15-19-3-8-22(9-4-19)39-14-13-34-26(36)21-7-12-25(35-16-21)40-17-29(32,33)28(30)31;/h3-12,16,18,24,28H,13-15,17H2,1-2H3,(H,34,36)(H,37,38);/q;+1/p-1. The van der Waals surface area contributed by atoms with Crippen LogP contribution in [0.25, 0.3) is 0 Å². The maximum atomic E-state index is 12.9. The third-order valence-corrected chi connectivity index (χ3v) is 5.82. The Morgan fingerprint density at radius 3 is 2.14 bits per heavy atom.